The minimum absolute atomic E-state index is 0.266. The molecule has 2 aromatic carbocycles. The first-order valence-corrected chi connectivity index (χ1v) is 9.64. The van der Waals surface area contributed by atoms with Gasteiger partial charge in [0.2, 0.25) is 5.91 Å². The minimum Gasteiger partial charge on any atom is -0.349 e. The summed E-state index contributed by atoms with van der Waals surface area (Å²) in [5.41, 5.74) is 2.26. The summed E-state index contributed by atoms with van der Waals surface area (Å²) in [6, 6.07) is 16.5. The number of sulfone groups is 1. The lowest BCUT2D eigenvalue weighted by Gasteiger charge is -2.14. The van der Waals surface area contributed by atoms with E-state index in [-0.39, 0.29) is 11.8 Å². The molecule has 0 saturated heterocycles. The van der Waals surface area contributed by atoms with Gasteiger partial charge in [0, 0.05) is 0 Å². The molecular weight excluding hydrogens is 350 g/mol. The molecule has 0 spiro atoms. The van der Waals surface area contributed by atoms with Gasteiger partial charge < -0.3 is 5.32 Å². The smallest absolute Gasteiger partial charge is 0.235 e. The number of benzene rings is 2. The van der Waals surface area contributed by atoms with Crippen LogP contribution in [0.1, 0.15) is 35.2 Å². The Hall–Kier alpha value is -3.16. The van der Waals surface area contributed by atoms with E-state index in [9.17, 15) is 13.2 Å². The maximum absolute atomic E-state index is 12.2. The van der Waals surface area contributed by atoms with E-state index in [4.69, 9.17) is 10.5 Å². The van der Waals surface area contributed by atoms with Crippen LogP contribution in [0.3, 0.4) is 0 Å². The average molecular weight is 367 g/mol. The first-order valence-electron chi connectivity index (χ1n) is 7.82. The van der Waals surface area contributed by atoms with Crippen molar-refractivity contribution < 1.29 is 13.2 Å². The van der Waals surface area contributed by atoms with E-state index in [1.807, 2.05) is 12.1 Å². The molecule has 0 aliphatic carbocycles. The molecule has 2 rings (SSSR count). The number of rotatable bonds is 6. The Labute approximate surface area is 152 Å². The molecule has 132 valence electrons. The molecule has 0 aliphatic heterocycles. The molecule has 1 atom stereocenters. The van der Waals surface area contributed by atoms with Crippen molar-refractivity contribution in [2.45, 2.75) is 18.7 Å². The van der Waals surface area contributed by atoms with Crippen LogP contribution in [0.25, 0.3) is 0 Å². The minimum atomic E-state index is -3.63. The lowest BCUT2D eigenvalue weighted by atomic mass is 10.1. The number of nitrogens with zero attached hydrogens (tertiary/aromatic N) is 2. The molecule has 1 amide bonds. The average Bonchev–Trinajstić information content (AvgIpc) is 2.61. The molecule has 1 N–H and O–H groups in total. The fourth-order valence-electron chi connectivity index (χ4n) is 2.39. The SMILES string of the molecule is C[C@@H](NC(=O)CS(=O)(=O)Cc1ccc(C#N)cc1)c1ccc(C#N)cc1. The highest BCUT2D eigenvalue weighted by Crippen LogP contribution is 2.14. The molecule has 26 heavy (non-hydrogen) atoms. The molecule has 0 fully saturated rings. The predicted molar refractivity (Wildman–Crippen MR) is 96.4 cm³/mol. The highest BCUT2D eigenvalue weighted by molar-refractivity contribution is 7.91. The van der Waals surface area contributed by atoms with Gasteiger partial charge in [-0.15, -0.1) is 0 Å². The molecule has 0 unspecified atom stereocenters. The number of carbonyl (C=O) groups is 1. The first kappa shape index (κ1) is 19.2. The van der Waals surface area contributed by atoms with Gasteiger partial charge in [-0.3, -0.25) is 4.79 Å². The van der Waals surface area contributed by atoms with Crippen LogP contribution in [0.15, 0.2) is 48.5 Å². The van der Waals surface area contributed by atoms with Gasteiger partial charge >= 0.3 is 0 Å². The van der Waals surface area contributed by atoms with Crippen molar-refractivity contribution in [3.05, 3.63) is 70.8 Å². The molecule has 2 aromatic rings. The van der Waals surface area contributed by atoms with Crippen molar-refractivity contribution in [1.29, 1.82) is 10.5 Å². The van der Waals surface area contributed by atoms with Crippen LogP contribution in [0.2, 0.25) is 0 Å². The van der Waals surface area contributed by atoms with E-state index in [2.05, 4.69) is 5.32 Å². The molecule has 0 radical (unpaired) electrons. The van der Waals surface area contributed by atoms with E-state index in [0.717, 1.165) is 5.56 Å². The maximum Gasteiger partial charge on any atom is 0.235 e. The number of nitrogens with one attached hydrogen (secondary N) is 1. The first-order chi connectivity index (χ1) is 12.3. The van der Waals surface area contributed by atoms with Crippen LogP contribution in [0.4, 0.5) is 0 Å². The predicted octanol–water partition coefficient (Wildman–Crippen LogP) is 2.22. The summed E-state index contributed by atoms with van der Waals surface area (Å²) in [6.07, 6.45) is 0. The number of hydrogen-bond acceptors (Lipinski definition) is 5. The van der Waals surface area contributed by atoms with Gasteiger partial charge in [-0.2, -0.15) is 10.5 Å². The van der Waals surface area contributed by atoms with Crippen LogP contribution in [0, 0.1) is 22.7 Å². The van der Waals surface area contributed by atoms with Gasteiger partial charge in [0.05, 0.1) is 35.1 Å². The van der Waals surface area contributed by atoms with Gasteiger partial charge in [0.25, 0.3) is 0 Å². The van der Waals surface area contributed by atoms with E-state index in [1.165, 1.54) is 12.1 Å². The third kappa shape index (κ3) is 5.44. The Balaban J connectivity index is 1.96. The fourth-order valence-corrected chi connectivity index (χ4v) is 3.68. The molecular formula is C19H17N3O3S. The summed E-state index contributed by atoms with van der Waals surface area (Å²) in [5.74, 6) is -1.47. The van der Waals surface area contributed by atoms with E-state index in [1.54, 1.807) is 43.3 Å². The normalized spacial score (nSPS) is 11.8. The number of carbonyl (C=O) groups excluding carboxylic acids is 1. The fraction of sp³-hybridized carbons (Fsp3) is 0.211. The molecule has 0 saturated carbocycles. The molecule has 7 heteroatoms. The van der Waals surface area contributed by atoms with Gasteiger partial charge in [0.15, 0.2) is 9.84 Å². The summed E-state index contributed by atoms with van der Waals surface area (Å²) in [4.78, 5) is 12.1. The molecule has 0 bridgehead atoms. The van der Waals surface area contributed by atoms with Crippen molar-refractivity contribution in [3.8, 4) is 12.1 Å². The largest absolute Gasteiger partial charge is 0.349 e. The topological polar surface area (TPSA) is 111 Å². The van der Waals surface area contributed by atoms with Crippen molar-refractivity contribution in [3.63, 3.8) is 0 Å². The van der Waals surface area contributed by atoms with Gasteiger partial charge in [-0.1, -0.05) is 24.3 Å². The Morgan fingerprint density at radius 3 is 2.00 bits per heavy atom. The molecule has 0 aromatic heterocycles. The second kappa shape index (κ2) is 8.28. The Morgan fingerprint density at radius 2 is 1.50 bits per heavy atom. The van der Waals surface area contributed by atoms with E-state index in [0.29, 0.717) is 16.7 Å². The Morgan fingerprint density at radius 1 is 1.00 bits per heavy atom. The molecule has 0 aliphatic rings. The van der Waals surface area contributed by atoms with Crippen LogP contribution >= 0.6 is 0 Å². The summed E-state index contributed by atoms with van der Waals surface area (Å²) < 4.78 is 24.4. The zero-order chi connectivity index (χ0) is 19.2. The van der Waals surface area contributed by atoms with Gasteiger partial charge in [-0.25, -0.2) is 8.42 Å². The second-order valence-corrected chi connectivity index (χ2v) is 7.93. The Bertz CT molecular complexity index is 967. The molecule has 0 heterocycles. The lowest BCUT2D eigenvalue weighted by Crippen LogP contribution is -2.32. The van der Waals surface area contributed by atoms with Crippen molar-refractivity contribution in [1.82, 2.24) is 5.32 Å². The highest BCUT2D eigenvalue weighted by Gasteiger charge is 2.19. The van der Waals surface area contributed by atoms with E-state index >= 15 is 0 Å². The van der Waals surface area contributed by atoms with Crippen LogP contribution in [0.5, 0.6) is 0 Å². The standard InChI is InChI=1S/C19H17N3O3S/c1-14(18-8-6-16(11-21)7-9-18)22-19(23)13-26(24,25)12-17-4-2-15(10-20)3-5-17/h2-9,14H,12-13H2,1H3,(H,22,23)/t14-/m1/s1. The van der Waals surface area contributed by atoms with Gasteiger partial charge in [0.1, 0.15) is 5.75 Å². The van der Waals surface area contributed by atoms with Crippen LogP contribution < -0.4 is 5.32 Å². The lowest BCUT2D eigenvalue weighted by molar-refractivity contribution is -0.119. The summed E-state index contributed by atoms with van der Waals surface area (Å²) >= 11 is 0. The summed E-state index contributed by atoms with van der Waals surface area (Å²) in [6.45, 7) is 1.74. The summed E-state index contributed by atoms with van der Waals surface area (Å²) in [5, 5.41) is 20.2. The highest BCUT2D eigenvalue weighted by atomic mass is 32.2. The zero-order valence-electron chi connectivity index (χ0n) is 14.1. The summed E-state index contributed by atoms with van der Waals surface area (Å²) in [7, 11) is -3.63. The second-order valence-electron chi connectivity index (χ2n) is 5.86. The van der Waals surface area contributed by atoms with Crippen LogP contribution in [-0.4, -0.2) is 20.1 Å². The number of nitriles is 2. The Kier molecular flexibility index (Phi) is 6.11. The third-order valence-electron chi connectivity index (χ3n) is 3.74. The zero-order valence-corrected chi connectivity index (χ0v) is 15.0. The van der Waals surface area contributed by atoms with Crippen molar-refractivity contribution in [2.75, 3.05) is 5.75 Å². The van der Waals surface area contributed by atoms with Crippen molar-refractivity contribution >= 4 is 15.7 Å². The van der Waals surface area contributed by atoms with Crippen LogP contribution in [-0.2, 0) is 20.4 Å². The monoisotopic (exact) mass is 367 g/mol. The van der Waals surface area contributed by atoms with Gasteiger partial charge in [-0.05, 0) is 42.3 Å². The number of amides is 1. The quantitative estimate of drug-likeness (QED) is 0.841. The molecule has 6 nitrogen and oxygen atoms in total. The van der Waals surface area contributed by atoms with E-state index < -0.39 is 21.5 Å². The third-order valence-corrected chi connectivity index (χ3v) is 5.21. The number of hydrogen-bond donors (Lipinski definition) is 1. The maximum atomic E-state index is 12.2. The van der Waals surface area contributed by atoms with Crippen molar-refractivity contribution in [2.24, 2.45) is 0 Å².